The van der Waals surface area contributed by atoms with Crippen molar-refractivity contribution in [3.05, 3.63) is 40.6 Å². The van der Waals surface area contributed by atoms with Crippen LogP contribution in [0.2, 0.25) is 0 Å². The van der Waals surface area contributed by atoms with Gasteiger partial charge in [-0.05, 0) is 22.0 Å². The molecule has 5 heteroatoms. The first kappa shape index (κ1) is 10.1. The average Bonchev–Trinajstić information content (AvgIpc) is 2.92. The number of nitriles is 1. The Bertz CT molecular complexity index is 736. The van der Waals surface area contributed by atoms with E-state index in [1.165, 1.54) is 0 Å². The Morgan fingerprint density at radius 2 is 2.18 bits per heavy atom. The maximum atomic E-state index is 8.83. The largest absolute Gasteiger partial charge is 0.360 e. The van der Waals surface area contributed by atoms with E-state index >= 15 is 0 Å². The summed E-state index contributed by atoms with van der Waals surface area (Å²) in [6, 6.07) is 9.84. The lowest BCUT2D eigenvalue weighted by molar-refractivity contribution is 0.430. The van der Waals surface area contributed by atoms with Crippen LogP contribution in [0.4, 0.5) is 0 Å². The summed E-state index contributed by atoms with van der Waals surface area (Å²) in [6.07, 6.45) is 1.84. The maximum absolute atomic E-state index is 8.83. The average molecular weight is 288 g/mol. The van der Waals surface area contributed by atoms with Crippen molar-refractivity contribution in [2.45, 2.75) is 0 Å². The van der Waals surface area contributed by atoms with Gasteiger partial charge in [-0.3, -0.25) is 0 Å². The molecule has 0 saturated heterocycles. The lowest BCUT2D eigenvalue weighted by Crippen LogP contribution is -1.74. The summed E-state index contributed by atoms with van der Waals surface area (Å²) in [7, 11) is 0. The molecular weight excluding hydrogens is 282 g/mol. The van der Waals surface area contributed by atoms with Gasteiger partial charge in [0, 0.05) is 22.7 Å². The van der Waals surface area contributed by atoms with Crippen LogP contribution in [-0.4, -0.2) is 10.1 Å². The number of nitrogens with zero attached hydrogens (tertiary/aromatic N) is 2. The normalized spacial score (nSPS) is 10.6. The fourth-order valence-electron chi connectivity index (χ4n) is 1.78. The summed E-state index contributed by atoms with van der Waals surface area (Å²) >= 11 is 3.33. The molecule has 0 saturated carbocycles. The predicted molar refractivity (Wildman–Crippen MR) is 66.2 cm³/mol. The predicted octanol–water partition coefficient (Wildman–Crippen LogP) is 3.46. The smallest absolute Gasteiger partial charge is 0.198 e. The van der Waals surface area contributed by atoms with E-state index in [0.717, 1.165) is 16.5 Å². The van der Waals surface area contributed by atoms with Crippen molar-refractivity contribution in [3.8, 4) is 17.4 Å². The van der Waals surface area contributed by atoms with E-state index in [4.69, 9.17) is 9.78 Å². The molecule has 1 N–H and O–H groups in total. The number of aromatic amines is 1. The van der Waals surface area contributed by atoms with Crippen LogP contribution < -0.4 is 0 Å². The first-order valence-electron chi connectivity index (χ1n) is 4.93. The van der Waals surface area contributed by atoms with E-state index in [1.807, 2.05) is 36.5 Å². The van der Waals surface area contributed by atoms with Crippen molar-refractivity contribution in [3.63, 3.8) is 0 Å². The highest BCUT2D eigenvalue weighted by atomic mass is 79.9. The SMILES string of the molecule is N#Cc1noc(-c2c[nH]c3ccccc23)c1Br. The van der Waals surface area contributed by atoms with Crippen molar-refractivity contribution < 1.29 is 4.52 Å². The first-order chi connectivity index (χ1) is 8.31. The highest BCUT2D eigenvalue weighted by Crippen LogP contribution is 2.35. The van der Waals surface area contributed by atoms with Crippen LogP contribution in [0, 0.1) is 11.3 Å². The van der Waals surface area contributed by atoms with Gasteiger partial charge in [0.15, 0.2) is 11.5 Å². The van der Waals surface area contributed by atoms with Gasteiger partial charge in [-0.25, -0.2) is 0 Å². The van der Waals surface area contributed by atoms with E-state index in [2.05, 4.69) is 26.1 Å². The quantitative estimate of drug-likeness (QED) is 0.745. The van der Waals surface area contributed by atoms with Crippen molar-refractivity contribution in [2.75, 3.05) is 0 Å². The second kappa shape index (κ2) is 3.75. The van der Waals surface area contributed by atoms with Gasteiger partial charge < -0.3 is 9.51 Å². The lowest BCUT2D eigenvalue weighted by Gasteiger charge is -1.93. The summed E-state index contributed by atoms with van der Waals surface area (Å²) < 4.78 is 5.79. The third kappa shape index (κ3) is 1.46. The summed E-state index contributed by atoms with van der Waals surface area (Å²) in [5.41, 5.74) is 2.16. The van der Waals surface area contributed by atoms with Crippen molar-refractivity contribution in [1.29, 1.82) is 5.26 Å². The molecule has 1 aromatic carbocycles. The Labute approximate surface area is 105 Å². The van der Waals surface area contributed by atoms with E-state index in [1.54, 1.807) is 0 Å². The molecule has 2 aromatic heterocycles. The standard InChI is InChI=1S/C12H6BrN3O/c13-11-10(5-14)16-17-12(11)8-6-15-9-4-2-1-3-7(8)9/h1-4,6,15H. The third-order valence-electron chi connectivity index (χ3n) is 2.58. The number of H-pyrrole nitrogens is 1. The second-order valence-electron chi connectivity index (χ2n) is 3.53. The van der Waals surface area contributed by atoms with E-state index in [-0.39, 0.29) is 5.69 Å². The topological polar surface area (TPSA) is 65.6 Å². The Morgan fingerprint density at radius 1 is 1.35 bits per heavy atom. The number of benzene rings is 1. The monoisotopic (exact) mass is 287 g/mol. The molecule has 0 aliphatic rings. The number of rotatable bonds is 1. The zero-order valence-corrected chi connectivity index (χ0v) is 10.2. The highest BCUT2D eigenvalue weighted by molar-refractivity contribution is 9.10. The van der Waals surface area contributed by atoms with Gasteiger partial charge in [-0.2, -0.15) is 5.26 Å². The summed E-state index contributed by atoms with van der Waals surface area (Å²) in [6.45, 7) is 0. The molecule has 0 atom stereocenters. The molecule has 3 rings (SSSR count). The maximum Gasteiger partial charge on any atom is 0.198 e. The molecule has 0 bridgehead atoms. The van der Waals surface area contributed by atoms with Gasteiger partial charge in [0.25, 0.3) is 0 Å². The first-order valence-corrected chi connectivity index (χ1v) is 5.72. The van der Waals surface area contributed by atoms with Crippen LogP contribution in [0.5, 0.6) is 0 Å². The number of nitrogens with one attached hydrogen (secondary N) is 1. The van der Waals surface area contributed by atoms with Gasteiger partial charge in [-0.15, -0.1) is 0 Å². The van der Waals surface area contributed by atoms with E-state index in [0.29, 0.717) is 10.2 Å². The van der Waals surface area contributed by atoms with Gasteiger partial charge in [0.05, 0.1) is 0 Å². The van der Waals surface area contributed by atoms with Crippen molar-refractivity contribution in [1.82, 2.24) is 10.1 Å². The van der Waals surface area contributed by atoms with Crippen LogP contribution in [0.3, 0.4) is 0 Å². The van der Waals surface area contributed by atoms with E-state index < -0.39 is 0 Å². The molecule has 0 radical (unpaired) electrons. The van der Waals surface area contributed by atoms with Crippen LogP contribution in [0.25, 0.3) is 22.2 Å². The molecule has 0 unspecified atom stereocenters. The fraction of sp³-hybridized carbons (Fsp3) is 0. The summed E-state index contributed by atoms with van der Waals surface area (Å²) in [5.74, 6) is 0.569. The second-order valence-corrected chi connectivity index (χ2v) is 4.33. The Morgan fingerprint density at radius 3 is 2.94 bits per heavy atom. The summed E-state index contributed by atoms with van der Waals surface area (Å²) in [5, 5.41) is 13.6. The number of hydrogen-bond donors (Lipinski definition) is 1. The molecule has 0 aliphatic carbocycles. The molecule has 0 fully saturated rings. The molecule has 4 nitrogen and oxygen atoms in total. The lowest BCUT2D eigenvalue weighted by atomic mass is 10.1. The Balaban J connectivity index is 2.28. The fourth-order valence-corrected chi connectivity index (χ4v) is 2.22. The molecular formula is C12H6BrN3O. The molecule has 3 aromatic rings. The number of fused-ring (bicyclic) bond motifs is 1. The van der Waals surface area contributed by atoms with Crippen LogP contribution in [-0.2, 0) is 0 Å². The third-order valence-corrected chi connectivity index (χ3v) is 3.31. The molecule has 0 aliphatic heterocycles. The Kier molecular flexibility index (Phi) is 2.23. The highest BCUT2D eigenvalue weighted by Gasteiger charge is 2.17. The molecule has 0 amide bonds. The zero-order chi connectivity index (χ0) is 11.8. The minimum absolute atomic E-state index is 0.255. The van der Waals surface area contributed by atoms with Crippen LogP contribution in [0.15, 0.2) is 39.5 Å². The molecule has 0 spiro atoms. The minimum Gasteiger partial charge on any atom is -0.360 e. The van der Waals surface area contributed by atoms with E-state index in [9.17, 15) is 0 Å². The van der Waals surface area contributed by atoms with Gasteiger partial charge in [-0.1, -0.05) is 23.4 Å². The van der Waals surface area contributed by atoms with Crippen LogP contribution in [0.1, 0.15) is 5.69 Å². The molecule has 17 heavy (non-hydrogen) atoms. The number of para-hydroxylation sites is 1. The summed E-state index contributed by atoms with van der Waals surface area (Å²) in [4.78, 5) is 3.15. The zero-order valence-electron chi connectivity index (χ0n) is 8.57. The van der Waals surface area contributed by atoms with Crippen LogP contribution >= 0.6 is 15.9 Å². The number of aromatic nitrogens is 2. The molecule has 82 valence electrons. The Hall–Kier alpha value is -2.06. The van der Waals surface area contributed by atoms with Gasteiger partial charge >= 0.3 is 0 Å². The number of hydrogen-bond acceptors (Lipinski definition) is 3. The minimum atomic E-state index is 0.255. The molecule has 2 heterocycles. The van der Waals surface area contributed by atoms with Crippen molar-refractivity contribution in [2.24, 2.45) is 0 Å². The van der Waals surface area contributed by atoms with Gasteiger partial charge in [0.1, 0.15) is 10.5 Å². The van der Waals surface area contributed by atoms with Crippen molar-refractivity contribution >= 4 is 26.8 Å². The number of halogens is 1. The van der Waals surface area contributed by atoms with Gasteiger partial charge in [0.2, 0.25) is 0 Å².